The summed E-state index contributed by atoms with van der Waals surface area (Å²) < 4.78 is 42.4. The minimum absolute atomic E-state index is 0.107. The normalized spacial score (nSPS) is 12.0. The Morgan fingerprint density at radius 1 is 1.22 bits per heavy atom. The van der Waals surface area contributed by atoms with Gasteiger partial charge in [0.2, 0.25) is 0 Å². The Kier molecular flexibility index (Phi) is 3.70. The lowest BCUT2D eigenvalue weighted by atomic mass is 10.2. The highest BCUT2D eigenvalue weighted by Gasteiger charge is 2.15. The number of halogens is 1. The van der Waals surface area contributed by atoms with Gasteiger partial charge in [0.15, 0.2) is 5.58 Å². The van der Waals surface area contributed by atoms with Gasteiger partial charge in [-0.3, -0.25) is 4.98 Å². The number of rotatable bonds is 4. The zero-order chi connectivity index (χ0) is 16.4. The Morgan fingerprint density at radius 2 is 2.00 bits per heavy atom. The molecule has 0 spiro atoms. The van der Waals surface area contributed by atoms with E-state index in [1.54, 1.807) is 6.07 Å². The van der Waals surface area contributed by atoms with Gasteiger partial charge in [0.05, 0.1) is 16.6 Å². The van der Waals surface area contributed by atoms with E-state index >= 15 is 0 Å². The minimum atomic E-state index is -3.97. The van der Waals surface area contributed by atoms with Crippen molar-refractivity contribution < 1.29 is 17.2 Å². The van der Waals surface area contributed by atoms with E-state index in [-0.39, 0.29) is 16.0 Å². The van der Waals surface area contributed by atoms with Crippen LogP contribution in [0.4, 0.5) is 4.39 Å². The van der Waals surface area contributed by atoms with Gasteiger partial charge in [-0.2, -0.15) is 13.5 Å². The van der Waals surface area contributed by atoms with Crippen LogP contribution in [0.1, 0.15) is 5.56 Å². The number of nitrogens with zero attached hydrogens (tertiary/aromatic N) is 1. The van der Waals surface area contributed by atoms with Gasteiger partial charge in [0.25, 0.3) is 10.0 Å². The Hall–Kier alpha value is -2.94. The van der Waals surface area contributed by atoms with E-state index < -0.39 is 21.6 Å². The van der Waals surface area contributed by atoms with Gasteiger partial charge in [-0.05, 0) is 18.2 Å². The van der Waals surface area contributed by atoms with E-state index in [0.29, 0.717) is 5.52 Å². The molecule has 2 N–H and O–H groups in total. The van der Waals surface area contributed by atoms with Gasteiger partial charge in [0.1, 0.15) is 5.82 Å². The van der Waals surface area contributed by atoms with Crippen LogP contribution in [0.3, 0.4) is 0 Å². The summed E-state index contributed by atoms with van der Waals surface area (Å²) in [5.74, 6) is -1.20. The van der Waals surface area contributed by atoms with Crippen molar-refractivity contribution in [2.75, 3.05) is 0 Å². The molecular weight excluding hydrogens is 325 g/mol. The first-order chi connectivity index (χ1) is 11.0. The molecule has 1 heterocycles. The summed E-state index contributed by atoms with van der Waals surface area (Å²) in [4.78, 5) is 15.3. The van der Waals surface area contributed by atoms with Crippen LogP contribution in [-0.4, -0.2) is 19.6 Å². The molecule has 0 aliphatic carbocycles. The molecule has 0 saturated heterocycles. The molecule has 0 aliphatic rings. The van der Waals surface area contributed by atoms with E-state index in [1.165, 1.54) is 36.4 Å². The Balaban J connectivity index is 1.85. The number of H-pyrrole nitrogens is 1. The Labute approximate surface area is 129 Å². The average Bonchev–Trinajstić information content (AvgIpc) is 2.88. The zero-order valence-electron chi connectivity index (χ0n) is 11.5. The fourth-order valence-corrected chi connectivity index (χ4v) is 2.70. The van der Waals surface area contributed by atoms with Crippen molar-refractivity contribution in [2.24, 2.45) is 5.10 Å². The Bertz CT molecular complexity index is 1050. The second-order valence-electron chi connectivity index (χ2n) is 4.55. The van der Waals surface area contributed by atoms with Crippen LogP contribution in [0.15, 0.2) is 61.7 Å². The third-order valence-corrected chi connectivity index (χ3v) is 4.20. The van der Waals surface area contributed by atoms with Gasteiger partial charge in [-0.1, -0.05) is 18.2 Å². The smallest absolute Gasteiger partial charge is 0.408 e. The van der Waals surface area contributed by atoms with E-state index in [1.807, 2.05) is 4.83 Å². The molecule has 23 heavy (non-hydrogen) atoms. The summed E-state index contributed by atoms with van der Waals surface area (Å²) in [5.41, 5.74) is 0.627. The van der Waals surface area contributed by atoms with Crippen molar-refractivity contribution in [1.29, 1.82) is 0 Å². The number of sulfonamides is 1. The summed E-state index contributed by atoms with van der Waals surface area (Å²) in [6.45, 7) is 0. The van der Waals surface area contributed by atoms with E-state index in [9.17, 15) is 17.6 Å². The monoisotopic (exact) mass is 335 g/mol. The highest BCUT2D eigenvalue weighted by Crippen LogP contribution is 2.16. The number of benzene rings is 2. The van der Waals surface area contributed by atoms with E-state index in [2.05, 4.69) is 10.1 Å². The molecule has 2 aromatic carbocycles. The van der Waals surface area contributed by atoms with E-state index in [4.69, 9.17) is 4.42 Å². The van der Waals surface area contributed by atoms with Crippen molar-refractivity contribution in [3.63, 3.8) is 0 Å². The Morgan fingerprint density at radius 3 is 2.78 bits per heavy atom. The van der Waals surface area contributed by atoms with Gasteiger partial charge < -0.3 is 4.42 Å². The second-order valence-corrected chi connectivity index (χ2v) is 6.21. The molecule has 0 bridgehead atoms. The summed E-state index contributed by atoms with van der Waals surface area (Å²) in [6.07, 6.45) is 1.06. The van der Waals surface area contributed by atoms with Gasteiger partial charge in [-0.15, -0.1) is 0 Å². The molecule has 9 heteroatoms. The summed E-state index contributed by atoms with van der Waals surface area (Å²) in [5, 5.41) is 3.53. The SMILES string of the molecule is O=c1[nH]c2ccc(S(=O)(=O)N/N=C/c3ccccc3F)cc2o1. The maximum Gasteiger partial charge on any atom is 0.417 e. The maximum atomic E-state index is 13.4. The first kappa shape index (κ1) is 15.0. The fourth-order valence-electron chi connectivity index (χ4n) is 1.89. The molecular formula is C14H10FN3O4S. The number of hydrogen-bond donors (Lipinski definition) is 2. The predicted octanol–water partition coefficient (Wildman–Crippen LogP) is 1.57. The van der Waals surface area contributed by atoms with Gasteiger partial charge >= 0.3 is 5.76 Å². The van der Waals surface area contributed by atoms with Gasteiger partial charge in [0, 0.05) is 11.6 Å². The molecule has 0 saturated carbocycles. The summed E-state index contributed by atoms with van der Waals surface area (Å²) in [7, 11) is -3.97. The maximum absolute atomic E-state index is 13.4. The minimum Gasteiger partial charge on any atom is -0.408 e. The number of oxazole rings is 1. The number of fused-ring (bicyclic) bond motifs is 1. The molecule has 3 rings (SSSR count). The average molecular weight is 335 g/mol. The highest BCUT2D eigenvalue weighted by atomic mass is 32.2. The van der Waals surface area contributed by atoms with Crippen molar-refractivity contribution in [2.45, 2.75) is 4.90 Å². The molecule has 3 aromatic rings. The first-order valence-electron chi connectivity index (χ1n) is 6.38. The van der Waals surface area contributed by atoms with Gasteiger partial charge in [-0.25, -0.2) is 14.0 Å². The molecule has 0 aliphatic heterocycles. The first-order valence-corrected chi connectivity index (χ1v) is 7.86. The molecule has 0 unspecified atom stereocenters. The third kappa shape index (κ3) is 3.14. The quantitative estimate of drug-likeness (QED) is 0.558. The number of hydrazone groups is 1. The lowest BCUT2D eigenvalue weighted by molar-refractivity contribution is 0.553. The molecule has 0 amide bonds. The number of aromatic nitrogens is 1. The topological polar surface area (TPSA) is 105 Å². The van der Waals surface area contributed by atoms with Crippen molar-refractivity contribution in [3.8, 4) is 0 Å². The zero-order valence-corrected chi connectivity index (χ0v) is 12.3. The molecule has 7 nitrogen and oxygen atoms in total. The van der Waals surface area contributed by atoms with E-state index in [0.717, 1.165) is 6.21 Å². The number of hydrogen-bond acceptors (Lipinski definition) is 5. The standard InChI is InChI=1S/C14H10FN3O4S/c15-11-4-2-1-3-9(11)8-16-18-23(20,21)10-5-6-12-13(7-10)22-14(19)17-12/h1-8,18H,(H,17,19)/b16-8+. The molecule has 0 radical (unpaired) electrons. The lowest BCUT2D eigenvalue weighted by Gasteiger charge is -2.03. The molecule has 118 valence electrons. The van der Waals surface area contributed by atoms with Crippen LogP contribution in [0.25, 0.3) is 11.1 Å². The van der Waals surface area contributed by atoms with Crippen LogP contribution in [0, 0.1) is 5.82 Å². The van der Waals surface area contributed by atoms with Crippen molar-refractivity contribution in [1.82, 2.24) is 9.82 Å². The lowest BCUT2D eigenvalue weighted by Crippen LogP contribution is -2.18. The summed E-state index contributed by atoms with van der Waals surface area (Å²) >= 11 is 0. The van der Waals surface area contributed by atoms with Crippen LogP contribution in [0.5, 0.6) is 0 Å². The van der Waals surface area contributed by atoms with Crippen molar-refractivity contribution >= 4 is 27.3 Å². The fraction of sp³-hybridized carbons (Fsp3) is 0. The van der Waals surface area contributed by atoms with Crippen LogP contribution in [0.2, 0.25) is 0 Å². The molecule has 0 atom stereocenters. The highest BCUT2D eigenvalue weighted by molar-refractivity contribution is 7.89. The predicted molar refractivity (Wildman–Crippen MR) is 81.2 cm³/mol. The summed E-state index contributed by atoms with van der Waals surface area (Å²) in [6, 6.07) is 9.67. The molecule has 1 aromatic heterocycles. The second kappa shape index (κ2) is 5.69. The number of nitrogens with one attached hydrogen (secondary N) is 2. The largest absolute Gasteiger partial charge is 0.417 e. The van der Waals surface area contributed by atoms with Crippen LogP contribution in [-0.2, 0) is 10.0 Å². The third-order valence-electron chi connectivity index (χ3n) is 2.98. The van der Waals surface area contributed by atoms with Crippen LogP contribution >= 0.6 is 0 Å². The van der Waals surface area contributed by atoms with Crippen molar-refractivity contribution in [3.05, 3.63) is 64.4 Å². The number of aromatic amines is 1. The molecule has 0 fully saturated rings. The van der Waals surface area contributed by atoms with Crippen LogP contribution < -0.4 is 10.6 Å².